The van der Waals surface area contributed by atoms with E-state index in [0.29, 0.717) is 17.9 Å². The molecule has 26 heavy (non-hydrogen) atoms. The van der Waals surface area contributed by atoms with Gasteiger partial charge in [0.15, 0.2) is 11.5 Å². The highest BCUT2D eigenvalue weighted by Crippen LogP contribution is 2.48. The lowest BCUT2D eigenvalue weighted by Gasteiger charge is -2.54. The summed E-state index contributed by atoms with van der Waals surface area (Å²) in [5.41, 5.74) is 0.312. The molecule has 1 N–H and O–H groups in total. The van der Waals surface area contributed by atoms with Crippen LogP contribution in [0.5, 0.6) is 5.75 Å². The lowest BCUT2D eigenvalue weighted by Crippen LogP contribution is -2.69. The van der Waals surface area contributed by atoms with E-state index in [1.807, 2.05) is 49.1 Å². The maximum absolute atomic E-state index is 15.6. The van der Waals surface area contributed by atoms with E-state index in [9.17, 15) is 4.79 Å². The van der Waals surface area contributed by atoms with Crippen LogP contribution in [0.25, 0.3) is 6.08 Å². The number of carbonyl (C=O) groups excluding carboxylic acids is 1. The number of hydrogen-bond donors (Lipinski definition) is 1. The molecule has 1 fully saturated rings. The Balaban J connectivity index is 1.98. The maximum Gasteiger partial charge on any atom is 0.229 e. The molecule has 4 rings (SSSR count). The number of ether oxygens (including phenoxy) is 1. The third-order valence-corrected chi connectivity index (χ3v) is 5.21. The number of benzene rings is 2. The van der Waals surface area contributed by atoms with Crippen LogP contribution in [-0.2, 0) is 10.5 Å². The van der Waals surface area contributed by atoms with Crippen molar-refractivity contribution in [3.8, 4) is 5.75 Å². The predicted octanol–water partition coefficient (Wildman–Crippen LogP) is 3.83. The van der Waals surface area contributed by atoms with Gasteiger partial charge in [-0.15, -0.1) is 0 Å². The molecular weight excluding hydrogens is 331 g/mol. The van der Waals surface area contributed by atoms with Gasteiger partial charge in [-0.25, -0.2) is 4.39 Å². The van der Waals surface area contributed by atoms with Crippen LogP contribution in [0.1, 0.15) is 25.0 Å². The summed E-state index contributed by atoms with van der Waals surface area (Å²) in [6.07, 6.45) is 1.50. The van der Waals surface area contributed by atoms with Gasteiger partial charge in [0.2, 0.25) is 5.91 Å². The molecule has 2 aliphatic rings. The second-order valence-electron chi connectivity index (χ2n) is 7.42. The largest absolute Gasteiger partial charge is 0.497 e. The summed E-state index contributed by atoms with van der Waals surface area (Å²) in [5, 5.41) is 2.97. The van der Waals surface area contributed by atoms with Crippen molar-refractivity contribution in [2.24, 2.45) is 5.41 Å². The van der Waals surface area contributed by atoms with Gasteiger partial charge in [0.1, 0.15) is 5.75 Å². The fraction of sp³-hybridized carbons (Fsp3) is 0.286. The van der Waals surface area contributed by atoms with Crippen molar-refractivity contribution >= 4 is 17.7 Å². The van der Waals surface area contributed by atoms with Crippen molar-refractivity contribution in [1.29, 1.82) is 0 Å². The smallest absolute Gasteiger partial charge is 0.229 e. The summed E-state index contributed by atoms with van der Waals surface area (Å²) in [6.45, 7) is 4.14. The van der Waals surface area contributed by atoms with Crippen LogP contribution in [0.15, 0.2) is 54.4 Å². The average molecular weight is 352 g/mol. The van der Waals surface area contributed by atoms with Crippen LogP contribution >= 0.6 is 0 Å². The minimum atomic E-state index is -1.37. The predicted molar refractivity (Wildman–Crippen MR) is 99.5 cm³/mol. The number of amides is 1. The zero-order valence-electron chi connectivity index (χ0n) is 15.0. The van der Waals surface area contributed by atoms with Crippen molar-refractivity contribution in [2.75, 3.05) is 18.6 Å². The first-order valence-corrected chi connectivity index (χ1v) is 8.60. The van der Waals surface area contributed by atoms with Crippen molar-refractivity contribution in [1.82, 2.24) is 5.32 Å². The molecule has 1 amide bonds. The molecule has 134 valence electrons. The van der Waals surface area contributed by atoms with Crippen LogP contribution in [0.2, 0.25) is 0 Å². The first kappa shape index (κ1) is 16.6. The van der Waals surface area contributed by atoms with Gasteiger partial charge in [-0.3, -0.25) is 4.79 Å². The van der Waals surface area contributed by atoms with E-state index < -0.39 is 16.9 Å². The van der Waals surface area contributed by atoms with Crippen molar-refractivity contribution in [3.05, 3.63) is 65.5 Å². The molecule has 2 aromatic rings. The van der Waals surface area contributed by atoms with Crippen LogP contribution in [0, 0.1) is 5.41 Å². The highest BCUT2D eigenvalue weighted by atomic mass is 19.1. The molecule has 1 atom stereocenters. The number of para-hydroxylation sites is 1. The lowest BCUT2D eigenvalue weighted by molar-refractivity contribution is -0.133. The number of rotatable bonds is 2. The maximum atomic E-state index is 15.6. The van der Waals surface area contributed by atoms with Gasteiger partial charge in [-0.05, 0) is 38.1 Å². The number of fused-ring (bicyclic) bond motifs is 3. The first-order valence-electron chi connectivity index (χ1n) is 8.60. The minimum Gasteiger partial charge on any atom is -0.497 e. The molecule has 2 aromatic carbocycles. The fourth-order valence-electron chi connectivity index (χ4n) is 3.75. The van der Waals surface area contributed by atoms with E-state index in [1.165, 1.54) is 6.08 Å². The van der Waals surface area contributed by atoms with Crippen molar-refractivity contribution < 1.29 is 13.9 Å². The Bertz CT molecular complexity index is 922. The molecule has 0 saturated carbocycles. The number of methoxy groups -OCH3 is 1. The monoisotopic (exact) mass is 352 g/mol. The Hall–Kier alpha value is -2.82. The summed E-state index contributed by atoms with van der Waals surface area (Å²) in [5.74, 6) is 0.0235. The fourth-order valence-corrected chi connectivity index (χ4v) is 3.75. The molecule has 0 aromatic heterocycles. The third kappa shape index (κ3) is 2.23. The summed E-state index contributed by atoms with van der Waals surface area (Å²) in [6, 6.07) is 14.8. The molecule has 0 aliphatic carbocycles. The number of nitrogens with one attached hydrogen (secondary N) is 1. The standard InChI is InChI=1S/C21H21FN2O2/c1-20(2)13-24-17-10-5-4-7-14(17)11-18(22)21(24,23-19(20)25)15-8-6-9-16(12-15)26-3/h4-12H,13H2,1-3H3,(H,23,25). The van der Waals surface area contributed by atoms with Gasteiger partial charge in [0.25, 0.3) is 0 Å². The molecule has 0 bridgehead atoms. The van der Waals surface area contributed by atoms with E-state index in [0.717, 1.165) is 11.3 Å². The summed E-state index contributed by atoms with van der Waals surface area (Å²) >= 11 is 0. The van der Waals surface area contributed by atoms with Crippen LogP contribution in [0.3, 0.4) is 0 Å². The number of anilines is 1. The molecule has 2 aliphatic heterocycles. The van der Waals surface area contributed by atoms with Crippen LogP contribution in [-0.4, -0.2) is 19.6 Å². The van der Waals surface area contributed by atoms with Gasteiger partial charge >= 0.3 is 0 Å². The van der Waals surface area contributed by atoms with E-state index in [2.05, 4.69) is 5.32 Å². The topological polar surface area (TPSA) is 41.6 Å². The zero-order valence-corrected chi connectivity index (χ0v) is 15.0. The second kappa shape index (κ2) is 5.59. The SMILES string of the molecule is COc1cccc(C23NC(=O)C(C)(C)CN2c2ccccc2C=C3F)c1. The highest BCUT2D eigenvalue weighted by molar-refractivity contribution is 5.89. The van der Waals surface area contributed by atoms with E-state index in [-0.39, 0.29) is 5.91 Å². The lowest BCUT2D eigenvalue weighted by atomic mass is 9.80. The van der Waals surface area contributed by atoms with Crippen LogP contribution in [0.4, 0.5) is 10.1 Å². The van der Waals surface area contributed by atoms with Gasteiger partial charge in [0.05, 0.1) is 12.5 Å². The molecule has 4 nitrogen and oxygen atoms in total. The Kier molecular flexibility index (Phi) is 3.58. The molecular formula is C21H21FN2O2. The molecule has 5 heteroatoms. The van der Waals surface area contributed by atoms with Gasteiger partial charge < -0.3 is 15.0 Å². The quantitative estimate of drug-likeness (QED) is 0.893. The van der Waals surface area contributed by atoms with Crippen molar-refractivity contribution in [3.63, 3.8) is 0 Å². The van der Waals surface area contributed by atoms with E-state index >= 15 is 4.39 Å². The molecule has 1 saturated heterocycles. The number of hydrogen-bond acceptors (Lipinski definition) is 3. The summed E-state index contributed by atoms with van der Waals surface area (Å²) in [4.78, 5) is 14.8. The average Bonchev–Trinajstić information content (AvgIpc) is 2.63. The first-order chi connectivity index (χ1) is 12.4. The number of nitrogens with zero attached hydrogens (tertiary/aromatic N) is 1. The highest BCUT2D eigenvalue weighted by Gasteiger charge is 2.54. The Labute approximate surface area is 152 Å². The number of carbonyl (C=O) groups is 1. The Morgan fingerprint density at radius 2 is 1.92 bits per heavy atom. The third-order valence-electron chi connectivity index (χ3n) is 5.21. The van der Waals surface area contributed by atoms with E-state index in [4.69, 9.17) is 4.74 Å². The second-order valence-corrected chi connectivity index (χ2v) is 7.42. The molecule has 1 unspecified atom stereocenters. The van der Waals surface area contributed by atoms with E-state index in [1.54, 1.807) is 25.3 Å². The normalized spacial score (nSPS) is 23.5. The van der Waals surface area contributed by atoms with Crippen molar-refractivity contribution in [2.45, 2.75) is 19.5 Å². The molecule has 0 spiro atoms. The zero-order chi connectivity index (χ0) is 18.5. The van der Waals surface area contributed by atoms with Gasteiger partial charge in [-0.2, -0.15) is 0 Å². The Morgan fingerprint density at radius 3 is 2.69 bits per heavy atom. The Morgan fingerprint density at radius 1 is 1.15 bits per heavy atom. The van der Waals surface area contributed by atoms with Gasteiger partial charge in [0, 0.05) is 23.4 Å². The minimum absolute atomic E-state index is 0.181. The molecule has 2 heterocycles. The summed E-state index contributed by atoms with van der Waals surface area (Å²) < 4.78 is 20.9. The van der Waals surface area contributed by atoms with Crippen LogP contribution < -0.4 is 15.0 Å². The van der Waals surface area contributed by atoms with Gasteiger partial charge in [-0.1, -0.05) is 30.3 Å². The summed E-state index contributed by atoms with van der Waals surface area (Å²) in [7, 11) is 1.57. The number of halogens is 1. The molecule has 0 radical (unpaired) electrons.